The minimum atomic E-state index is -0.196. The Morgan fingerprint density at radius 1 is 0.955 bits per heavy atom. The van der Waals surface area contributed by atoms with Crippen molar-refractivity contribution in [2.24, 2.45) is 10.8 Å². The summed E-state index contributed by atoms with van der Waals surface area (Å²) < 4.78 is 5.86. The quantitative estimate of drug-likeness (QED) is 0.687. The van der Waals surface area contributed by atoms with Crippen molar-refractivity contribution < 1.29 is 14.3 Å². The Hall–Kier alpha value is -1.10. The van der Waals surface area contributed by atoms with Crippen molar-refractivity contribution in [3.8, 4) is 0 Å². The molecule has 0 saturated carbocycles. The van der Waals surface area contributed by atoms with Crippen LogP contribution in [0.15, 0.2) is 0 Å². The average molecular weight is 314 g/mol. The normalized spacial score (nSPS) is 12.4. The van der Waals surface area contributed by atoms with Gasteiger partial charge in [0.1, 0.15) is 0 Å². The van der Waals surface area contributed by atoms with E-state index in [2.05, 4.69) is 45.3 Å². The van der Waals surface area contributed by atoms with E-state index in [-0.39, 0.29) is 28.7 Å². The summed E-state index contributed by atoms with van der Waals surface area (Å²) in [5.74, 6) is -0.186. The summed E-state index contributed by atoms with van der Waals surface area (Å²) in [7, 11) is 0. The van der Waals surface area contributed by atoms with Crippen LogP contribution in [0.1, 0.15) is 61.3 Å². The van der Waals surface area contributed by atoms with Crippen LogP contribution in [0.25, 0.3) is 0 Å². The fraction of sp³-hybridized carbons (Fsp3) is 0.882. The highest BCUT2D eigenvalue weighted by molar-refractivity contribution is 5.73. The van der Waals surface area contributed by atoms with Crippen molar-refractivity contribution in [3.63, 3.8) is 0 Å². The molecule has 130 valence electrons. The highest BCUT2D eigenvalue weighted by Gasteiger charge is 2.25. The SMILES string of the molecule is CC(=O)NCC(CNC(C)=O)OCCC(C)(C)CC(C)(C)C. The highest BCUT2D eigenvalue weighted by atomic mass is 16.5. The maximum atomic E-state index is 11.0. The van der Waals surface area contributed by atoms with E-state index >= 15 is 0 Å². The molecule has 0 atom stereocenters. The van der Waals surface area contributed by atoms with Crippen LogP contribution in [0, 0.1) is 10.8 Å². The van der Waals surface area contributed by atoms with E-state index in [1.807, 2.05) is 0 Å². The lowest BCUT2D eigenvalue weighted by Crippen LogP contribution is -2.41. The zero-order chi connectivity index (χ0) is 17.4. The van der Waals surface area contributed by atoms with E-state index in [1.165, 1.54) is 13.8 Å². The van der Waals surface area contributed by atoms with Gasteiger partial charge >= 0.3 is 0 Å². The van der Waals surface area contributed by atoms with Gasteiger partial charge < -0.3 is 15.4 Å². The van der Waals surface area contributed by atoms with Crippen LogP contribution in [0.4, 0.5) is 0 Å². The second kappa shape index (κ2) is 9.13. The van der Waals surface area contributed by atoms with Gasteiger partial charge in [0.25, 0.3) is 0 Å². The first-order chi connectivity index (χ1) is 9.91. The fourth-order valence-electron chi connectivity index (χ4n) is 2.73. The Balaban J connectivity index is 4.30. The van der Waals surface area contributed by atoms with Crippen LogP contribution in [0.3, 0.4) is 0 Å². The molecule has 0 radical (unpaired) electrons. The molecule has 0 rings (SSSR count). The fourth-order valence-corrected chi connectivity index (χ4v) is 2.73. The lowest BCUT2D eigenvalue weighted by Gasteiger charge is -2.33. The lowest BCUT2D eigenvalue weighted by atomic mass is 9.74. The Labute approximate surface area is 135 Å². The van der Waals surface area contributed by atoms with Gasteiger partial charge in [-0.15, -0.1) is 0 Å². The monoisotopic (exact) mass is 314 g/mol. The number of nitrogens with one attached hydrogen (secondary N) is 2. The van der Waals surface area contributed by atoms with E-state index in [0.29, 0.717) is 19.7 Å². The van der Waals surface area contributed by atoms with Crippen molar-refractivity contribution in [1.82, 2.24) is 10.6 Å². The maximum Gasteiger partial charge on any atom is 0.216 e. The van der Waals surface area contributed by atoms with Gasteiger partial charge in [-0.05, 0) is 23.7 Å². The number of amides is 2. The lowest BCUT2D eigenvalue weighted by molar-refractivity contribution is -0.120. The van der Waals surface area contributed by atoms with Crippen molar-refractivity contribution in [2.75, 3.05) is 19.7 Å². The largest absolute Gasteiger partial charge is 0.375 e. The Morgan fingerprint density at radius 3 is 1.77 bits per heavy atom. The Morgan fingerprint density at radius 2 is 1.41 bits per heavy atom. The van der Waals surface area contributed by atoms with Gasteiger partial charge in [-0.1, -0.05) is 34.6 Å². The molecule has 0 aromatic heterocycles. The third-order valence-corrected chi connectivity index (χ3v) is 3.30. The molecule has 0 fully saturated rings. The van der Waals surface area contributed by atoms with Gasteiger partial charge in [-0.25, -0.2) is 0 Å². The summed E-state index contributed by atoms with van der Waals surface area (Å²) in [6.45, 7) is 15.6. The molecule has 0 aliphatic rings. The topological polar surface area (TPSA) is 67.4 Å². The number of ether oxygens (including phenoxy) is 1. The Bertz CT molecular complexity index is 341. The second-order valence-electron chi connectivity index (χ2n) is 8.02. The number of rotatable bonds is 9. The first-order valence-electron chi connectivity index (χ1n) is 8.02. The van der Waals surface area contributed by atoms with Crippen LogP contribution in [0.5, 0.6) is 0 Å². The molecule has 0 bridgehead atoms. The van der Waals surface area contributed by atoms with Crippen LogP contribution in [0.2, 0.25) is 0 Å². The zero-order valence-electron chi connectivity index (χ0n) is 15.3. The van der Waals surface area contributed by atoms with Crippen molar-refractivity contribution in [1.29, 1.82) is 0 Å². The summed E-state index contributed by atoms with van der Waals surface area (Å²) >= 11 is 0. The maximum absolute atomic E-state index is 11.0. The van der Waals surface area contributed by atoms with Gasteiger partial charge in [0, 0.05) is 33.5 Å². The average Bonchev–Trinajstić information content (AvgIpc) is 2.28. The second-order valence-corrected chi connectivity index (χ2v) is 8.02. The third kappa shape index (κ3) is 12.6. The molecule has 0 aromatic carbocycles. The molecule has 0 heterocycles. The summed E-state index contributed by atoms with van der Waals surface area (Å²) in [5, 5.41) is 5.48. The van der Waals surface area contributed by atoms with Crippen LogP contribution < -0.4 is 10.6 Å². The smallest absolute Gasteiger partial charge is 0.216 e. The number of hydrogen-bond acceptors (Lipinski definition) is 3. The van der Waals surface area contributed by atoms with Crippen molar-refractivity contribution in [2.45, 2.75) is 67.4 Å². The van der Waals surface area contributed by atoms with Crippen LogP contribution >= 0.6 is 0 Å². The summed E-state index contributed by atoms with van der Waals surface area (Å²) in [6, 6.07) is 0. The number of carbonyl (C=O) groups excluding carboxylic acids is 2. The molecular weight excluding hydrogens is 280 g/mol. The van der Waals surface area contributed by atoms with E-state index in [0.717, 1.165) is 12.8 Å². The molecule has 22 heavy (non-hydrogen) atoms. The molecule has 0 unspecified atom stereocenters. The predicted molar refractivity (Wildman–Crippen MR) is 89.6 cm³/mol. The molecule has 0 aromatic rings. The van der Waals surface area contributed by atoms with Gasteiger partial charge in [0.15, 0.2) is 0 Å². The highest BCUT2D eigenvalue weighted by Crippen LogP contribution is 2.35. The first-order valence-corrected chi connectivity index (χ1v) is 8.02. The first kappa shape index (κ1) is 20.9. The standard InChI is InChI=1S/C17H34N2O3/c1-13(20)18-10-15(11-19-14(2)21)22-9-8-17(6,7)12-16(3,4)5/h15H,8-12H2,1-7H3,(H,18,20)(H,19,21). The predicted octanol–water partition coefficient (Wildman–Crippen LogP) is 2.50. The molecule has 0 aliphatic carbocycles. The van der Waals surface area contributed by atoms with E-state index in [9.17, 15) is 9.59 Å². The van der Waals surface area contributed by atoms with Crippen LogP contribution in [-0.2, 0) is 14.3 Å². The Kier molecular flexibility index (Phi) is 8.68. The number of carbonyl (C=O) groups is 2. The zero-order valence-corrected chi connectivity index (χ0v) is 15.3. The number of hydrogen-bond donors (Lipinski definition) is 2. The minimum Gasteiger partial charge on any atom is -0.375 e. The molecule has 0 saturated heterocycles. The molecule has 5 nitrogen and oxygen atoms in total. The van der Waals surface area contributed by atoms with Gasteiger partial charge in [-0.2, -0.15) is 0 Å². The van der Waals surface area contributed by atoms with E-state index in [4.69, 9.17) is 4.74 Å². The van der Waals surface area contributed by atoms with Crippen LogP contribution in [-0.4, -0.2) is 37.6 Å². The van der Waals surface area contributed by atoms with Crippen molar-refractivity contribution in [3.05, 3.63) is 0 Å². The van der Waals surface area contributed by atoms with Crippen molar-refractivity contribution >= 4 is 11.8 Å². The van der Waals surface area contributed by atoms with Gasteiger partial charge in [0.2, 0.25) is 11.8 Å². The summed E-state index contributed by atoms with van der Waals surface area (Å²) in [6.07, 6.45) is 1.87. The minimum absolute atomic E-state index is 0.0931. The van der Waals surface area contributed by atoms with E-state index in [1.54, 1.807) is 0 Å². The molecule has 2 N–H and O–H groups in total. The molecule has 5 heteroatoms. The van der Waals surface area contributed by atoms with E-state index < -0.39 is 0 Å². The summed E-state index contributed by atoms with van der Waals surface area (Å²) in [5.41, 5.74) is 0.486. The molecule has 2 amide bonds. The van der Waals surface area contributed by atoms with Gasteiger partial charge in [-0.3, -0.25) is 9.59 Å². The molecule has 0 spiro atoms. The summed E-state index contributed by atoms with van der Waals surface area (Å²) in [4.78, 5) is 22.0. The molecular formula is C17H34N2O3. The molecule has 0 aliphatic heterocycles. The van der Waals surface area contributed by atoms with Gasteiger partial charge in [0.05, 0.1) is 6.10 Å². The third-order valence-electron chi connectivity index (χ3n) is 3.30.